The van der Waals surface area contributed by atoms with Gasteiger partial charge in [0.2, 0.25) is 0 Å². The van der Waals surface area contributed by atoms with Crippen LogP contribution in [0.2, 0.25) is 5.15 Å². The minimum Gasteiger partial charge on any atom is -0.478 e. The maximum Gasteiger partial charge on any atom is 0.339 e. The Hall–Kier alpha value is -2.01. The van der Waals surface area contributed by atoms with Crippen LogP contribution < -0.4 is 5.32 Å². The zero-order chi connectivity index (χ0) is 14.0. The quantitative estimate of drug-likeness (QED) is 0.838. The van der Waals surface area contributed by atoms with Crippen molar-refractivity contribution in [1.82, 2.24) is 4.98 Å². The number of rotatable bonds is 4. The van der Waals surface area contributed by atoms with Gasteiger partial charge in [0.1, 0.15) is 28.1 Å². The third-order valence-corrected chi connectivity index (χ3v) is 2.84. The molecule has 0 radical (unpaired) electrons. The largest absolute Gasteiger partial charge is 0.478 e. The predicted molar refractivity (Wildman–Crippen MR) is 71.7 cm³/mol. The summed E-state index contributed by atoms with van der Waals surface area (Å²) < 4.78 is 5.48. The average Bonchev–Trinajstić information content (AvgIpc) is 2.75. The first-order valence-corrected chi connectivity index (χ1v) is 6.08. The summed E-state index contributed by atoms with van der Waals surface area (Å²) in [6.07, 6.45) is 0. The van der Waals surface area contributed by atoms with Crippen LogP contribution in [-0.4, -0.2) is 16.1 Å². The highest BCUT2D eigenvalue weighted by atomic mass is 35.5. The van der Waals surface area contributed by atoms with Gasteiger partial charge in [-0.15, -0.1) is 0 Å². The molecule has 1 atom stereocenters. The van der Waals surface area contributed by atoms with Gasteiger partial charge in [-0.25, -0.2) is 9.78 Å². The zero-order valence-corrected chi connectivity index (χ0v) is 11.2. The van der Waals surface area contributed by atoms with Crippen LogP contribution in [0.1, 0.15) is 34.8 Å². The van der Waals surface area contributed by atoms with Gasteiger partial charge in [0.05, 0.1) is 6.04 Å². The number of halogens is 1. The maximum absolute atomic E-state index is 11.1. The highest BCUT2D eigenvalue weighted by Gasteiger charge is 2.16. The van der Waals surface area contributed by atoms with E-state index in [4.69, 9.17) is 21.1 Å². The van der Waals surface area contributed by atoms with Gasteiger partial charge in [0.25, 0.3) is 0 Å². The molecule has 2 aromatic heterocycles. The fourth-order valence-electron chi connectivity index (χ4n) is 1.68. The molecule has 0 aromatic carbocycles. The van der Waals surface area contributed by atoms with Gasteiger partial charge in [-0.2, -0.15) is 0 Å². The number of nitrogens with zero attached hydrogens (tertiary/aromatic N) is 1. The number of nitrogens with one attached hydrogen (secondary N) is 1. The van der Waals surface area contributed by atoms with Crippen molar-refractivity contribution in [1.29, 1.82) is 0 Å². The summed E-state index contributed by atoms with van der Waals surface area (Å²) in [5.41, 5.74) is 0.0690. The molecule has 19 heavy (non-hydrogen) atoms. The van der Waals surface area contributed by atoms with Crippen LogP contribution in [0, 0.1) is 6.92 Å². The van der Waals surface area contributed by atoms with Crippen molar-refractivity contribution in [2.24, 2.45) is 0 Å². The first-order chi connectivity index (χ1) is 8.97. The van der Waals surface area contributed by atoms with E-state index in [1.54, 1.807) is 0 Å². The topological polar surface area (TPSA) is 75.4 Å². The molecule has 0 saturated carbocycles. The molecule has 2 aromatic rings. The zero-order valence-electron chi connectivity index (χ0n) is 10.5. The first kappa shape index (κ1) is 13.4. The van der Waals surface area contributed by atoms with E-state index in [1.807, 2.05) is 26.0 Å². The molecule has 0 fully saturated rings. The van der Waals surface area contributed by atoms with Gasteiger partial charge in [-0.1, -0.05) is 11.6 Å². The summed E-state index contributed by atoms with van der Waals surface area (Å²) in [5, 5.41) is 12.3. The Labute approximate surface area is 115 Å². The lowest BCUT2D eigenvalue weighted by Gasteiger charge is -2.14. The summed E-state index contributed by atoms with van der Waals surface area (Å²) in [7, 11) is 0. The van der Waals surface area contributed by atoms with Crippen molar-refractivity contribution in [2.45, 2.75) is 19.9 Å². The smallest absolute Gasteiger partial charge is 0.339 e. The molecular weight excluding hydrogens is 268 g/mol. The van der Waals surface area contributed by atoms with Crippen molar-refractivity contribution < 1.29 is 14.3 Å². The number of carboxylic acid groups (broad SMARTS) is 1. The highest BCUT2D eigenvalue weighted by Crippen LogP contribution is 2.23. The molecule has 0 saturated heterocycles. The summed E-state index contributed by atoms with van der Waals surface area (Å²) in [4.78, 5) is 15.1. The number of hydrogen-bond donors (Lipinski definition) is 2. The second kappa shape index (κ2) is 5.32. The van der Waals surface area contributed by atoms with E-state index in [0.29, 0.717) is 5.76 Å². The molecule has 0 spiro atoms. The summed E-state index contributed by atoms with van der Waals surface area (Å²) in [6.45, 7) is 3.70. The van der Waals surface area contributed by atoms with Gasteiger partial charge >= 0.3 is 5.97 Å². The van der Waals surface area contributed by atoms with Crippen molar-refractivity contribution in [3.63, 3.8) is 0 Å². The standard InChI is InChI=1S/C13H13ClN2O3/c1-7-3-5-10(19-7)8(2)15-12-9(13(17)18)4-6-11(14)16-12/h3-6,8H,1-2H3,(H,15,16)(H,17,18). The van der Waals surface area contributed by atoms with E-state index >= 15 is 0 Å². The van der Waals surface area contributed by atoms with E-state index in [2.05, 4.69) is 10.3 Å². The molecule has 0 aliphatic rings. The number of aromatic nitrogens is 1. The van der Waals surface area contributed by atoms with Crippen LogP contribution in [0.5, 0.6) is 0 Å². The van der Waals surface area contributed by atoms with Crippen LogP contribution in [0.25, 0.3) is 0 Å². The molecule has 2 heterocycles. The Bertz CT molecular complexity index is 610. The third-order valence-electron chi connectivity index (χ3n) is 2.63. The van der Waals surface area contributed by atoms with Crippen LogP contribution in [0.15, 0.2) is 28.7 Å². The number of aryl methyl sites for hydroxylation is 1. The lowest BCUT2D eigenvalue weighted by molar-refractivity contribution is 0.0697. The van der Waals surface area contributed by atoms with Crippen LogP contribution >= 0.6 is 11.6 Å². The number of carboxylic acids is 1. The number of carbonyl (C=O) groups is 1. The van der Waals surface area contributed by atoms with Gasteiger partial charge < -0.3 is 14.8 Å². The maximum atomic E-state index is 11.1. The van der Waals surface area contributed by atoms with E-state index in [0.717, 1.165) is 5.76 Å². The molecule has 5 nitrogen and oxygen atoms in total. The van der Waals surface area contributed by atoms with Gasteiger partial charge in [0, 0.05) is 0 Å². The third kappa shape index (κ3) is 3.06. The number of hydrogen-bond acceptors (Lipinski definition) is 4. The molecule has 2 N–H and O–H groups in total. The van der Waals surface area contributed by atoms with Crippen molar-refractivity contribution in [2.75, 3.05) is 5.32 Å². The summed E-state index contributed by atoms with van der Waals surface area (Å²) in [5.74, 6) is 0.660. The first-order valence-electron chi connectivity index (χ1n) is 5.70. The van der Waals surface area contributed by atoms with Crippen LogP contribution in [-0.2, 0) is 0 Å². The van der Waals surface area contributed by atoms with Crippen LogP contribution in [0.4, 0.5) is 5.82 Å². The number of furan rings is 1. The number of pyridine rings is 1. The SMILES string of the molecule is Cc1ccc(C(C)Nc2nc(Cl)ccc2C(=O)O)o1. The molecule has 1 unspecified atom stereocenters. The van der Waals surface area contributed by atoms with Crippen molar-refractivity contribution >= 4 is 23.4 Å². The van der Waals surface area contributed by atoms with E-state index in [-0.39, 0.29) is 22.6 Å². The minimum atomic E-state index is -1.06. The molecule has 0 aliphatic carbocycles. The van der Waals surface area contributed by atoms with E-state index < -0.39 is 5.97 Å². The average molecular weight is 281 g/mol. The summed E-state index contributed by atoms with van der Waals surface area (Å²) >= 11 is 5.79. The molecule has 0 amide bonds. The van der Waals surface area contributed by atoms with Gasteiger partial charge in [0.15, 0.2) is 0 Å². The van der Waals surface area contributed by atoms with E-state index in [9.17, 15) is 4.79 Å². The second-order valence-electron chi connectivity index (χ2n) is 4.15. The lowest BCUT2D eigenvalue weighted by Crippen LogP contribution is -2.11. The Kier molecular flexibility index (Phi) is 3.76. The predicted octanol–water partition coefficient (Wildman–Crippen LogP) is 3.51. The Morgan fingerprint density at radius 1 is 1.42 bits per heavy atom. The number of anilines is 1. The Balaban J connectivity index is 2.27. The monoisotopic (exact) mass is 280 g/mol. The molecule has 2 rings (SSSR count). The highest BCUT2D eigenvalue weighted by molar-refractivity contribution is 6.29. The minimum absolute atomic E-state index is 0.0690. The van der Waals surface area contributed by atoms with Crippen molar-refractivity contribution in [3.05, 3.63) is 46.5 Å². The Morgan fingerprint density at radius 3 is 2.74 bits per heavy atom. The van der Waals surface area contributed by atoms with Crippen LogP contribution in [0.3, 0.4) is 0 Å². The molecule has 100 valence electrons. The summed E-state index contributed by atoms with van der Waals surface area (Å²) in [6, 6.07) is 6.32. The molecular formula is C13H13ClN2O3. The molecule has 0 aliphatic heterocycles. The van der Waals surface area contributed by atoms with E-state index in [1.165, 1.54) is 12.1 Å². The van der Waals surface area contributed by atoms with Gasteiger partial charge in [-0.05, 0) is 38.1 Å². The fraction of sp³-hybridized carbons (Fsp3) is 0.231. The lowest BCUT2D eigenvalue weighted by atomic mass is 10.2. The molecule has 0 bridgehead atoms. The Morgan fingerprint density at radius 2 is 2.16 bits per heavy atom. The van der Waals surface area contributed by atoms with Crippen molar-refractivity contribution in [3.8, 4) is 0 Å². The normalized spacial score (nSPS) is 12.2. The molecule has 6 heteroatoms. The van der Waals surface area contributed by atoms with Gasteiger partial charge in [-0.3, -0.25) is 0 Å². The second-order valence-corrected chi connectivity index (χ2v) is 4.54. The number of aromatic carboxylic acids is 1. The fourth-order valence-corrected chi connectivity index (χ4v) is 1.83.